The first kappa shape index (κ1) is 44.7. The van der Waals surface area contributed by atoms with Crippen LogP contribution in [0.2, 0.25) is 0 Å². The van der Waals surface area contributed by atoms with E-state index < -0.39 is 0 Å². The van der Waals surface area contributed by atoms with E-state index in [-0.39, 0.29) is 13.4 Å². The molecule has 0 bridgehead atoms. The average Bonchev–Trinajstić information content (AvgIpc) is 4.30. The number of nitrogens with zero attached hydrogens (tertiary/aromatic N) is 1. The number of hydrogen-bond acceptors (Lipinski definition) is 4. The van der Waals surface area contributed by atoms with E-state index in [1.165, 1.54) is 117 Å². The van der Waals surface area contributed by atoms with Gasteiger partial charge in [-0.3, -0.25) is 0 Å². The first-order chi connectivity index (χ1) is 39.2. The molecule has 3 aromatic heterocycles. The van der Waals surface area contributed by atoms with Crippen LogP contribution < -0.4 is 42.3 Å². The molecule has 17 rings (SSSR count). The third-order valence-electron chi connectivity index (χ3n) is 16.7. The zero-order valence-electron chi connectivity index (χ0n) is 42.6. The summed E-state index contributed by atoms with van der Waals surface area (Å²) in [6, 6.07) is 95.9. The predicted molar refractivity (Wildman–Crippen MR) is 338 cm³/mol. The Morgan fingerprint density at radius 1 is 0.291 bits per heavy atom. The van der Waals surface area contributed by atoms with Crippen LogP contribution in [0.25, 0.3) is 101 Å². The van der Waals surface area contributed by atoms with Crippen LogP contribution in [0, 0.1) is 0 Å². The van der Waals surface area contributed by atoms with Gasteiger partial charge in [0.05, 0.1) is 11.0 Å². The minimum atomic E-state index is -0.0954. The second-order valence-electron chi connectivity index (χ2n) is 20.9. The van der Waals surface area contributed by atoms with Crippen LogP contribution in [0.15, 0.2) is 261 Å². The molecule has 7 heteroatoms. The van der Waals surface area contributed by atoms with Crippen molar-refractivity contribution in [2.45, 2.75) is 0 Å². The standard InChI is InChI=1S/C72H43B2NO2S2/c1-8-30-61-49(18-1)50-19-2-9-31-62(50)75(61)63-41-39-45(43-60(63)74-57-28-6-12-34-66(57)77-67-35-13-7-29-58(67)74)47-22-15-25-54-70-46(21-17-37-69(70)79-71(47)54)44-38-40-48(52-23-16-24-53-51-20-3-14-36-68(51)78-72(52)53)59(42-44)73-55-26-4-10-32-64(55)76-65-33-11-5-27-56(65)73/h1-43H. The van der Waals surface area contributed by atoms with Crippen molar-refractivity contribution in [2.75, 3.05) is 0 Å². The third kappa shape index (κ3) is 6.80. The summed E-state index contributed by atoms with van der Waals surface area (Å²) in [7, 11) is 0. The molecular weight excluding hydrogens is 997 g/mol. The van der Waals surface area contributed by atoms with Crippen LogP contribution >= 0.6 is 22.7 Å². The van der Waals surface area contributed by atoms with Crippen molar-refractivity contribution in [2.24, 2.45) is 0 Å². The summed E-state index contributed by atoms with van der Waals surface area (Å²) in [4.78, 5) is 0. The molecule has 0 unspecified atom stereocenters. The Balaban J connectivity index is 0.884. The average molecular weight is 1040 g/mol. The highest BCUT2D eigenvalue weighted by Crippen LogP contribution is 2.46. The Hall–Kier alpha value is -9.39. The summed E-state index contributed by atoms with van der Waals surface area (Å²) in [6.07, 6.45) is 0. The topological polar surface area (TPSA) is 23.4 Å². The Morgan fingerprint density at radius 3 is 1.39 bits per heavy atom. The molecule has 0 radical (unpaired) electrons. The van der Waals surface area contributed by atoms with Gasteiger partial charge in [-0.15, -0.1) is 22.7 Å². The van der Waals surface area contributed by atoms with E-state index in [1.54, 1.807) is 0 Å². The number of aromatic nitrogens is 1. The van der Waals surface area contributed by atoms with Crippen molar-refractivity contribution >= 4 is 131 Å². The lowest BCUT2D eigenvalue weighted by Crippen LogP contribution is -2.55. The van der Waals surface area contributed by atoms with Gasteiger partial charge in [0.15, 0.2) is 0 Å². The summed E-state index contributed by atoms with van der Waals surface area (Å²) in [5.74, 6) is 3.58. The van der Waals surface area contributed by atoms with Crippen molar-refractivity contribution in [1.29, 1.82) is 0 Å². The summed E-state index contributed by atoms with van der Waals surface area (Å²) in [5, 5.41) is 7.60. The van der Waals surface area contributed by atoms with E-state index in [0.717, 1.165) is 39.6 Å². The zero-order chi connectivity index (χ0) is 51.7. The zero-order valence-corrected chi connectivity index (χ0v) is 44.2. The molecule has 15 aromatic rings. The van der Waals surface area contributed by atoms with Crippen LogP contribution in [0.5, 0.6) is 23.0 Å². The van der Waals surface area contributed by atoms with Crippen molar-refractivity contribution in [3.63, 3.8) is 0 Å². The van der Waals surface area contributed by atoms with Crippen molar-refractivity contribution in [3.8, 4) is 62.1 Å². The maximum atomic E-state index is 6.67. The van der Waals surface area contributed by atoms with Gasteiger partial charge in [-0.25, -0.2) is 0 Å². The fourth-order valence-corrected chi connectivity index (χ4v) is 15.8. The van der Waals surface area contributed by atoms with E-state index in [0.29, 0.717) is 0 Å². The molecule has 0 amide bonds. The van der Waals surface area contributed by atoms with Gasteiger partial charge in [-0.2, -0.15) is 0 Å². The quantitative estimate of drug-likeness (QED) is 0.155. The number of benzene rings is 12. The van der Waals surface area contributed by atoms with Crippen LogP contribution in [-0.2, 0) is 0 Å². The molecule has 2 aliphatic heterocycles. The highest BCUT2D eigenvalue weighted by molar-refractivity contribution is 7.27. The summed E-state index contributed by atoms with van der Waals surface area (Å²) in [6.45, 7) is -0.165. The fourth-order valence-electron chi connectivity index (χ4n) is 13.3. The first-order valence-corrected chi connectivity index (χ1v) is 28.7. The molecule has 0 fully saturated rings. The summed E-state index contributed by atoms with van der Waals surface area (Å²) >= 11 is 3.78. The van der Waals surface area contributed by atoms with Gasteiger partial charge < -0.3 is 14.0 Å². The van der Waals surface area contributed by atoms with Crippen LogP contribution in [0.4, 0.5) is 0 Å². The van der Waals surface area contributed by atoms with Gasteiger partial charge in [0.25, 0.3) is 13.4 Å². The van der Waals surface area contributed by atoms with Crippen molar-refractivity contribution in [1.82, 2.24) is 4.57 Å². The smallest absolute Gasteiger partial charge is 0.253 e. The number of hydrogen-bond donors (Lipinski definition) is 0. The van der Waals surface area contributed by atoms with E-state index in [1.807, 2.05) is 22.7 Å². The minimum Gasteiger partial charge on any atom is -0.458 e. The highest BCUT2D eigenvalue weighted by Gasteiger charge is 2.37. The van der Waals surface area contributed by atoms with Gasteiger partial charge in [0.1, 0.15) is 23.0 Å². The summed E-state index contributed by atoms with van der Waals surface area (Å²) < 4.78 is 21.0. The first-order valence-electron chi connectivity index (χ1n) is 27.0. The van der Waals surface area contributed by atoms with Gasteiger partial charge in [-0.1, -0.05) is 212 Å². The van der Waals surface area contributed by atoms with E-state index >= 15 is 0 Å². The molecule has 0 saturated carbocycles. The molecule has 5 heterocycles. The second kappa shape index (κ2) is 17.6. The maximum absolute atomic E-state index is 6.67. The van der Waals surface area contributed by atoms with Crippen LogP contribution in [0.3, 0.4) is 0 Å². The highest BCUT2D eigenvalue weighted by atomic mass is 32.1. The normalized spacial score (nSPS) is 12.7. The molecule has 0 N–H and O–H groups in total. The van der Waals surface area contributed by atoms with E-state index in [2.05, 4.69) is 265 Å². The monoisotopic (exact) mass is 1040 g/mol. The third-order valence-corrected chi connectivity index (χ3v) is 19.1. The number of thiophene rings is 2. The Labute approximate surface area is 465 Å². The Bertz CT molecular complexity index is 4890. The van der Waals surface area contributed by atoms with Gasteiger partial charge in [0, 0.05) is 56.8 Å². The molecule has 3 nitrogen and oxygen atoms in total. The Kier molecular flexibility index (Phi) is 9.94. The minimum absolute atomic E-state index is 0.0693. The molecule has 0 spiro atoms. The Morgan fingerprint density at radius 2 is 0.734 bits per heavy atom. The van der Waals surface area contributed by atoms with Crippen molar-refractivity contribution < 1.29 is 9.47 Å². The lowest BCUT2D eigenvalue weighted by molar-refractivity contribution is 0.487. The number of fused-ring (bicyclic) bond motifs is 13. The second-order valence-corrected chi connectivity index (χ2v) is 23.0. The van der Waals surface area contributed by atoms with Crippen LogP contribution in [-0.4, -0.2) is 18.0 Å². The van der Waals surface area contributed by atoms with Gasteiger partial charge in [0.2, 0.25) is 0 Å². The molecule has 0 saturated heterocycles. The predicted octanol–water partition coefficient (Wildman–Crippen LogP) is 15.8. The molecule has 0 aliphatic carbocycles. The molecule has 2 aliphatic rings. The molecule has 366 valence electrons. The van der Waals surface area contributed by atoms with E-state index in [4.69, 9.17) is 9.47 Å². The fraction of sp³-hybridized carbons (Fsp3) is 0. The SMILES string of the molecule is c1ccc2c(c1)Oc1ccccc1B2c1cc(-c2cccc3sc4c(-c5ccc(-n6c7ccccc7c7ccccc76)c(B6c7ccccc7Oc7ccccc76)c5)cccc4c23)ccc1-c1cccc2c1sc1ccccc12. The van der Waals surface area contributed by atoms with Gasteiger partial charge >= 0.3 is 0 Å². The molecular formula is C72H43B2NO2S2. The lowest BCUT2D eigenvalue weighted by atomic mass is 9.35. The van der Waals surface area contributed by atoms with E-state index in [9.17, 15) is 0 Å². The molecule has 12 aromatic carbocycles. The molecule has 0 atom stereocenters. The number of ether oxygens (including phenoxy) is 2. The number of rotatable bonds is 6. The van der Waals surface area contributed by atoms with Gasteiger partial charge in [-0.05, 0) is 115 Å². The largest absolute Gasteiger partial charge is 0.458 e. The number of para-hydroxylation sites is 6. The van der Waals surface area contributed by atoms with Crippen molar-refractivity contribution in [3.05, 3.63) is 261 Å². The molecule has 79 heavy (non-hydrogen) atoms. The summed E-state index contributed by atoms with van der Waals surface area (Å²) in [5.41, 5.74) is 18.0. The van der Waals surface area contributed by atoms with Crippen LogP contribution in [0.1, 0.15) is 0 Å². The lowest BCUT2D eigenvalue weighted by Gasteiger charge is -2.28. The maximum Gasteiger partial charge on any atom is 0.253 e.